The minimum absolute atomic E-state index is 0. The molecular formula is C7H10FN. The van der Waals surface area contributed by atoms with E-state index in [2.05, 4.69) is 18.0 Å². The average molecular weight is 127 g/mol. The van der Waals surface area contributed by atoms with Crippen molar-refractivity contribution in [3.63, 3.8) is 0 Å². The molecule has 0 aromatic carbocycles. The van der Waals surface area contributed by atoms with E-state index in [1.807, 2.05) is 19.2 Å². The molecule has 0 aliphatic rings. The molecule has 0 spiro atoms. The van der Waals surface area contributed by atoms with Crippen molar-refractivity contribution in [2.24, 2.45) is 0 Å². The molecule has 0 fully saturated rings. The molecule has 0 saturated heterocycles. The van der Waals surface area contributed by atoms with Crippen molar-refractivity contribution in [2.75, 3.05) is 0 Å². The number of hydrogen-bond donors (Lipinski definition) is 0. The third-order valence-corrected chi connectivity index (χ3v) is 1.27. The topological polar surface area (TPSA) is 12.9 Å². The molecule has 50 valence electrons. The van der Waals surface area contributed by atoms with Gasteiger partial charge in [0, 0.05) is 11.9 Å². The fourth-order valence-corrected chi connectivity index (χ4v) is 0.565. The zero-order valence-corrected chi connectivity index (χ0v) is 5.59. The van der Waals surface area contributed by atoms with Crippen LogP contribution in [0.1, 0.15) is 11.3 Å². The van der Waals surface area contributed by atoms with E-state index in [-0.39, 0.29) is 4.70 Å². The fraction of sp³-hybridized carbons (Fsp3) is 0.286. The second-order valence-electron chi connectivity index (χ2n) is 1.91. The summed E-state index contributed by atoms with van der Waals surface area (Å²) in [5, 5.41) is 0. The van der Waals surface area contributed by atoms with Crippen LogP contribution in [-0.2, 0) is 0 Å². The van der Waals surface area contributed by atoms with Crippen molar-refractivity contribution in [3.05, 3.63) is 29.6 Å². The molecule has 1 heterocycles. The van der Waals surface area contributed by atoms with Gasteiger partial charge in [-0.1, -0.05) is 6.07 Å². The Balaban J connectivity index is 0.000000640. The molecule has 0 radical (unpaired) electrons. The van der Waals surface area contributed by atoms with Crippen LogP contribution in [0.15, 0.2) is 18.3 Å². The number of aryl methyl sites for hydroxylation is 2. The molecule has 0 saturated carbocycles. The first-order valence-corrected chi connectivity index (χ1v) is 2.69. The van der Waals surface area contributed by atoms with E-state index in [1.165, 1.54) is 5.56 Å². The lowest BCUT2D eigenvalue weighted by Crippen LogP contribution is -1.81. The highest BCUT2D eigenvalue weighted by atomic mass is 19.0. The van der Waals surface area contributed by atoms with Gasteiger partial charge in [0.05, 0.1) is 0 Å². The zero-order chi connectivity index (χ0) is 5.98. The largest absolute Gasteiger partial charge is 0.269 e. The van der Waals surface area contributed by atoms with Crippen LogP contribution >= 0.6 is 0 Å². The Morgan fingerprint density at radius 1 is 1.33 bits per heavy atom. The van der Waals surface area contributed by atoms with Gasteiger partial charge >= 0.3 is 0 Å². The predicted molar refractivity (Wildman–Crippen MR) is 36.2 cm³/mol. The Bertz CT molecular complexity index is 165. The molecule has 0 aliphatic heterocycles. The lowest BCUT2D eigenvalue weighted by molar-refractivity contribution is 1.11. The van der Waals surface area contributed by atoms with Gasteiger partial charge in [0.25, 0.3) is 0 Å². The van der Waals surface area contributed by atoms with E-state index < -0.39 is 0 Å². The van der Waals surface area contributed by atoms with Gasteiger partial charge in [-0.25, -0.2) is 0 Å². The molecular weight excluding hydrogens is 117 g/mol. The lowest BCUT2D eigenvalue weighted by atomic mass is 10.2. The number of nitrogens with zero attached hydrogens (tertiary/aromatic N) is 1. The molecule has 1 nitrogen and oxygen atoms in total. The van der Waals surface area contributed by atoms with Gasteiger partial charge in [-0.05, 0) is 25.5 Å². The lowest BCUT2D eigenvalue weighted by Gasteiger charge is -1.92. The number of hydrogen-bond acceptors (Lipinski definition) is 1. The molecule has 0 amide bonds. The number of rotatable bonds is 0. The van der Waals surface area contributed by atoms with Crippen LogP contribution in [0.25, 0.3) is 0 Å². The first kappa shape index (κ1) is 8.08. The number of halogens is 1. The summed E-state index contributed by atoms with van der Waals surface area (Å²) < 4.78 is 0. The van der Waals surface area contributed by atoms with E-state index in [9.17, 15) is 0 Å². The van der Waals surface area contributed by atoms with Crippen molar-refractivity contribution in [3.8, 4) is 0 Å². The monoisotopic (exact) mass is 127 g/mol. The standard InChI is InChI=1S/C7H9N.FH/c1-6-4-3-5-8-7(6)2;/h3-5H,1-2H3;1H. The summed E-state index contributed by atoms with van der Waals surface area (Å²) in [4.78, 5) is 4.08. The van der Waals surface area contributed by atoms with Crippen molar-refractivity contribution in [1.82, 2.24) is 4.98 Å². The van der Waals surface area contributed by atoms with E-state index in [0.29, 0.717) is 0 Å². The first-order chi connectivity index (χ1) is 3.80. The molecule has 0 atom stereocenters. The highest BCUT2D eigenvalue weighted by molar-refractivity contribution is 5.15. The average Bonchev–Trinajstić information content (AvgIpc) is 1.77. The summed E-state index contributed by atoms with van der Waals surface area (Å²) in [5.41, 5.74) is 2.38. The van der Waals surface area contributed by atoms with Crippen molar-refractivity contribution >= 4 is 0 Å². The van der Waals surface area contributed by atoms with Gasteiger partial charge < -0.3 is 0 Å². The Morgan fingerprint density at radius 2 is 2.00 bits per heavy atom. The minimum atomic E-state index is 0. The smallest absolute Gasteiger partial charge is 0.0401 e. The number of pyridine rings is 1. The molecule has 2 heteroatoms. The predicted octanol–water partition coefficient (Wildman–Crippen LogP) is 1.85. The van der Waals surface area contributed by atoms with E-state index >= 15 is 0 Å². The van der Waals surface area contributed by atoms with Crippen LogP contribution in [0.2, 0.25) is 0 Å². The SMILES string of the molecule is Cc1cccnc1C.F. The molecule has 0 unspecified atom stereocenters. The van der Waals surface area contributed by atoms with E-state index in [0.717, 1.165) is 5.69 Å². The maximum absolute atomic E-state index is 4.08. The Kier molecular flexibility index (Phi) is 2.85. The van der Waals surface area contributed by atoms with Crippen LogP contribution in [0.4, 0.5) is 4.70 Å². The highest BCUT2D eigenvalue weighted by Gasteiger charge is 1.85. The second kappa shape index (κ2) is 3.17. The van der Waals surface area contributed by atoms with Crippen LogP contribution in [-0.4, -0.2) is 4.98 Å². The maximum Gasteiger partial charge on any atom is 0.0401 e. The third-order valence-electron chi connectivity index (χ3n) is 1.27. The van der Waals surface area contributed by atoms with Gasteiger partial charge in [-0.3, -0.25) is 9.69 Å². The maximum atomic E-state index is 4.08. The van der Waals surface area contributed by atoms with Crippen LogP contribution in [0, 0.1) is 13.8 Å². The molecule has 1 aromatic rings. The van der Waals surface area contributed by atoms with Gasteiger partial charge in [-0.15, -0.1) is 0 Å². The van der Waals surface area contributed by atoms with Gasteiger partial charge in [0.2, 0.25) is 0 Å². The Hall–Kier alpha value is -0.920. The summed E-state index contributed by atoms with van der Waals surface area (Å²) in [6.07, 6.45) is 1.81. The minimum Gasteiger partial charge on any atom is -0.269 e. The molecule has 0 N–H and O–H groups in total. The summed E-state index contributed by atoms with van der Waals surface area (Å²) >= 11 is 0. The molecule has 0 bridgehead atoms. The normalized spacial score (nSPS) is 8.22. The van der Waals surface area contributed by atoms with Crippen LogP contribution < -0.4 is 0 Å². The summed E-state index contributed by atoms with van der Waals surface area (Å²) in [7, 11) is 0. The summed E-state index contributed by atoms with van der Waals surface area (Å²) in [6, 6.07) is 4.00. The van der Waals surface area contributed by atoms with Crippen LogP contribution in [0.3, 0.4) is 0 Å². The van der Waals surface area contributed by atoms with E-state index in [4.69, 9.17) is 0 Å². The van der Waals surface area contributed by atoms with Crippen molar-refractivity contribution in [1.29, 1.82) is 0 Å². The molecule has 1 rings (SSSR count). The Morgan fingerprint density at radius 3 is 2.33 bits per heavy atom. The van der Waals surface area contributed by atoms with E-state index in [1.54, 1.807) is 0 Å². The quantitative estimate of drug-likeness (QED) is 0.518. The van der Waals surface area contributed by atoms with Gasteiger partial charge in [0.1, 0.15) is 0 Å². The highest BCUT2D eigenvalue weighted by Crippen LogP contribution is 1.98. The third kappa shape index (κ3) is 1.80. The molecule has 9 heavy (non-hydrogen) atoms. The van der Waals surface area contributed by atoms with Crippen molar-refractivity contribution < 1.29 is 4.70 Å². The second-order valence-corrected chi connectivity index (χ2v) is 1.91. The summed E-state index contributed by atoms with van der Waals surface area (Å²) in [6.45, 7) is 4.07. The first-order valence-electron chi connectivity index (χ1n) is 2.69. The molecule has 0 aliphatic carbocycles. The van der Waals surface area contributed by atoms with Gasteiger partial charge in [-0.2, -0.15) is 0 Å². The zero-order valence-electron chi connectivity index (χ0n) is 5.59. The van der Waals surface area contributed by atoms with Crippen LogP contribution in [0.5, 0.6) is 0 Å². The van der Waals surface area contributed by atoms with Gasteiger partial charge in [0.15, 0.2) is 0 Å². The van der Waals surface area contributed by atoms with Crippen molar-refractivity contribution in [2.45, 2.75) is 13.8 Å². The number of aromatic nitrogens is 1. The Labute approximate surface area is 54.1 Å². The fourth-order valence-electron chi connectivity index (χ4n) is 0.565. The molecule has 1 aromatic heterocycles. The summed E-state index contributed by atoms with van der Waals surface area (Å²) in [5.74, 6) is 0.